The van der Waals surface area contributed by atoms with Gasteiger partial charge in [0.15, 0.2) is 5.96 Å². The van der Waals surface area contributed by atoms with Gasteiger partial charge in [0.2, 0.25) is 0 Å². The number of halogens is 1. The lowest BCUT2D eigenvalue weighted by Crippen LogP contribution is -2.54. The second kappa shape index (κ2) is 7.22. The standard InChI is InChI=1S/C13H25N3S.HI/c1-4-14-12(15-11-6-5-7-11)16-8-9-17-13(2,3)10-16;/h11H,4-10H2,1-3H3,(H,14,15);1H. The molecule has 0 spiro atoms. The van der Waals surface area contributed by atoms with E-state index in [0.717, 1.165) is 25.6 Å². The van der Waals surface area contributed by atoms with Crippen LogP contribution in [0.3, 0.4) is 0 Å². The van der Waals surface area contributed by atoms with Gasteiger partial charge < -0.3 is 10.2 Å². The Balaban J connectivity index is 0.00000162. The predicted octanol–water partition coefficient (Wildman–Crippen LogP) is 2.95. The zero-order chi connectivity index (χ0) is 12.3. The highest BCUT2D eigenvalue weighted by Gasteiger charge is 2.30. The molecule has 2 aliphatic rings. The van der Waals surface area contributed by atoms with Gasteiger partial charge in [-0.2, -0.15) is 11.8 Å². The first-order valence-electron chi connectivity index (χ1n) is 6.80. The highest BCUT2D eigenvalue weighted by atomic mass is 127. The molecule has 0 unspecified atom stereocenters. The molecule has 0 aromatic carbocycles. The number of nitrogens with zero attached hydrogens (tertiary/aromatic N) is 2. The van der Waals surface area contributed by atoms with E-state index in [1.54, 1.807) is 0 Å². The zero-order valence-electron chi connectivity index (χ0n) is 11.7. The molecule has 1 aliphatic heterocycles. The molecule has 0 aromatic rings. The lowest BCUT2D eigenvalue weighted by atomic mass is 9.93. The summed E-state index contributed by atoms with van der Waals surface area (Å²) < 4.78 is 0.355. The van der Waals surface area contributed by atoms with Crippen molar-refractivity contribution in [3.05, 3.63) is 0 Å². The molecule has 0 radical (unpaired) electrons. The fourth-order valence-electron chi connectivity index (χ4n) is 2.32. The molecular weight excluding hydrogens is 357 g/mol. The van der Waals surface area contributed by atoms with Crippen LogP contribution < -0.4 is 5.32 Å². The summed E-state index contributed by atoms with van der Waals surface area (Å²) in [5.41, 5.74) is 0. The van der Waals surface area contributed by atoms with E-state index in [0.29, 0.717) is 10.8 Å². The van der Waals surface area contributed by atoms with E-state index in [1.807, 2.05) is 0 Å². The molecule has 3 nitrogen and oxygen atoms in total. The summed E-state index contributed by atoms with van der Waals surface area (Å²) in [6.45, 7) is 9.89. The highest BCUT2D eigenvalue weighted by Crippen LogP contribution is 2.29. The number of rotatable bonds is 2. The van der Waals surface area contributed by atoms with Gasteiger partial charge in [0.25, 0.3) is 0 Å². The van der Waals surface area contributed by atoms with Gasteiger partial charge >= 0.3 is 0 Å². The molecule has 1 aliphatic carbocycles. The maximum atomic E-state index is 4.66. The van der Waals surface area contributed by atoms with Gasteiger partial charge in [-0.3, -0.25) is 4.99 Å². The quantitative estimate of drug-likeness (QED) is 0.452. The molecule has 0 atom stereocenters. The monoisotopic (exact) mass is 383 g/mol. The second-order valence-electron chi connectivity index (χ2n) is 5.60. The fraction of sp³-hybridized carbons (Fsp3) is 0.923. The van der Waals surface area contributed by atoms with Crippen LogP contribution in [0, 0.1) is 0 Å². The first-order valence-corrected chi connectivity index (χ1v) is 7.79. The van der Waals surface area contributed by atoms with Crippen molar-refractivity contribution in [3.8, 4) is 0 Å². The third kappa shape index (κ3) is 4.47. The smallest absolute Gasteiger partial charge is 0.194 e. The van der Waals surface area contributed by atoms with Crippen LogP contribution in [0.5, 0.6) is 0 Å². The number of thioether (sulfide) groups is 1. The van der Waals surface area contributed by atoms with Crippen molar-refractivity contribution in [3.63, 3.8) is 0 Å². The lowest BCUT2D eigenvalue weighted by molar-refractivity contribution is 0.333. The average molecular weight is 383 g/mol. The fourth-order valence-corrected chi connectivity index (χ4v) is 3.43. The van der Waals surface area contributed by atoms with Gasteiger partial charge in [-0.15, -0.1) is 24.0 Å². The molecule has 18 heavy (non-hydrogen) atoms. The van der Waals surface area contributed by atoms with E-state index < -0.39 is 0 Å². The lowest BCUT2D eigenvalue weighted by Gasteiger charge is -2.41. The van der Waals surface area contributed by atoms with Crippen LogP contribution in [-0.2, 0) is 0 Å². The first kappa shape index (κ1) is 16.4. The molecule has 0 amide bonds. The molecule has 1 heterocycles. The minimum Gasteiger partial charge on any atom is -0.354 e. The van der Waals surface area contributed by atoms with E-state index >= 15 is 0 Å². The molecule has 0 bridgehead atoms. The van der Waals surface area contributed by atoms with Crippen molar-refractivity contribution in [1.29, 1.82) is 0 Å². The molecule has 106 valence electrons. The molecule has 1 saturated heterocycles. The largest absolute Gasteiger partial charge is 0.354 e. The van der Waals surface area contributed by atoms with Crippen LogP contribution in [0.2, 0.25) is 0 Å². The van der Waals surface area contributed by atoms with E-state index in [4.69, 9.17) is 0 Å². The number of nitrogens with one attached hydrogen (secondary N) is 1. The Hall–Kier alpha value is 0.350. The summed E-state index contributed by atoms with van der Waals surface area (Å²) in [6.07, 6.45) is 4.00. The Morgan fingerprint density at radius 3 is 2.67 bits per heavy atom. The van der Waals surface area contributed by atoms with Crippen LogP contribution in [0.25, 0.3) is 0 Å². The van der Waals surface area contributed by atoms with E-state index in [2.05, 4.69) is 47.7 Å². The Bertz CT molecular complexity index is 290. The van der Waals surface area contributed by atoms with Crippen molar-refractivity contribution in [2.45, 2.75) is 50.8 Å². The average Bonchev–Trinajstić information content (AvgIpc) is 2.20. The van der Waals surface area contributed by atoms with Crippen LogP contribution in [0.1, 0.15) is 40.0 Å². The van der Waals surface area contributed by atoms with Crippen LogP contribution in [0.15, 0.2) is 4.99 Å². The van der Waals surface area contributed by atoms with Crippen molar-refractivity contribution in [2.24, 2.45) is 4.99 Å². The maximum Gasteiger partial charge on any atom is 0.194 e. The topological polar surface area (TPSA) is 27.6 Å². The Labute approximate surface area is 133 Å². The second-order valence-corrected chi connectivity index (χ2v) is 7.40. The number of guanidine groups is 1. The normalized spacial score (nSPS) is 24.2. The van der Waals surface area contributed by atoms with E-state index in [1.165, 1.54) is 25.0 Å². The molecule has 2 rings (SSSR count). The summed E-state index contributed by atoms with van der Waals surface area (Å²) in [5, 5.41) is 3.63. The zero-order valence-corrected chi connectivity index (χ0v) is 14.9. The Morgan fingerprint density at radius 2 is 2.17 bits per heavy atom. The van der Waals surface area contributed by atoms with E-state index in [-0.39, 0.29) is 24.0 Å². The predicted molar refractivity (Wildman–Crippen MR) is 92.3 cm³/mol. The van der Waals surface area contributed by atoms with Gasteiger partial charge in [0.05, 0.1) is 0 Å². The summed E-state index contributed by atoms with van der Waals surface area (Å²) in [5.74, 6) is 2.35. The number of aliphatic imine (C=N–C) groups is 1. The molecule has 1 saturated carbocycles. The minimum atomic E-state index is 0. The SMILES string of the molecule is CCN=C(NC1CCC1)N1CCSC(C)(C)C1.I. The minimum absolute atomic E-state index is 0. The van der Waals surface area contributed by atoms with Crippen molar-refractivity contribution >= 4 is 41.7 Å². The third-order valence-corrected chi connectivity index (χ3v) is 4.77. The Kier molecular flexibility index (Phi) is 6.58. The van der Waals surface area contributed by atoms with Crippen LogP contribution in [0.4, 0.5) is 0 Å². The van der Waals surface area contributed by atoms with Gasteiger partial charge in [-0.25, -0.2) is 0 Å². The summed E-state index contributed by atoms with van der Waals surface area (Å²) in [6, 6.07) is 0.679. The molecule has 0 aromatic heterocycles. The molecule has 2 fully saturated rings. The maximum absolute atomic E-state index is 4.66. The van der Waals surface area contributed by atoms with Gasteiger partial charge in [0, 0.05) is 36.2 Å². The van der Waals surface area contributed by atoms with Crippen molar-refractivity contribution in [2.75, 3.05) is 25.4 Å². The molecule has 5 heteroatoms. The van der Waals surface area contributed by atoms with Crippen molar-refractivity contribution in [1.82, 2.24) is 10.2 Å². The van der Waals surface area contributed by atoms with Gasteiger partial charge in [0.1, 0.15) is 0 Å². The highest BCUT2D eigenvalue weighted by molar-refractivity contribution is 14.0. The summed E-state index contributed by atoms with van der Waals surface area (Å²) >= 11 is 2.07. The third-order valence-electron chi connectivity index (χ3n) is 3.47. The molecule has 1 N–H and O–H groups in total. The number of hydrogen-bond donors (Lipinski definition) is 1. The van der Waals surface area contributed by atoms with Gasteiger partial charge in [-0.05, 0) is 40.0 Å². The number of hydrogen-bond acceptors (Lipinski definition) is 2. The molecular formula is C13H26IN3S. The van der Waals surface area contributed by atoms with Gasteiger partial charge in [-0.1, -0.05) is 0 Å². The Morgan fingerprint density at radius 1 is 1.44 bits per heavy atom. The first-order chi connectivity index (χ1) is 8.11. The van der Waals surface area contributed by atoms with Crippen molar-refractivity contribution < 1.29 is 0 Å². The van der Waals surface area contributed by atoms with E-state index in [9.17, 15) is 0 Å². The summed E-state index contributed by atoms with van der Waals surface area (Å²) in [7, 11) is 0. The van der Waals surface area contributed by atoms with Crippen LogP contribution in [-0.4, -0.2) is 47.0 Å². The van der Waals surface area contributed by atoms with Crippen LogP contribution >= 0.6 is 35.7 Å². The summed E-state index contributed by atoms with van der Waals surface area (Å²) in [4.78, 5) is 7.10.